The monoisotopic (exact) mass is 498 g/mol. The second kappa shape index (κ2) is 10.1. The van der Waals surface area contributed by atoms with Gasteiger partial charge in [0.05, 0.1) is 23.0 Å². The summed E-state index contributed by atoms with van der Waals surface area (Å²) in [7, 11) is 0. The number of carbonyl (C=O) groups is 1. The van der Waals surface area contributed by atoms with Crippen molar-refractivity contribution < 1.29 is 4.79 Å². The Morgan fingerprint density at radius 1 is 1.18 bits per heavy atom. The normalized spacial score (nSPS) is 11.3. The van der Waals surface area contributed by atoms with Crippen LogP contribution >= 0.6 is 34.7 Å². The number of hydrogen-bond acceptors (Lipinski definition) is 6. The zero-order chi connectivity index (χ0) is 23.5. The van der Waals surface area contributed by atoms with Crippen LogP contribution in [0.2, 0.25) is 5.02 Å². The lowest BCUT2D eigenvalue weighted by molar-refractivity contribution is -0.115. The maximum atomic E-state index is 13.0. The third-order valence-corrected chi connectivity index (χ3v) is 7.06. The topological polar surface area (TPSA) is 76.9 Å². The Morgan fingerprint density at radius 3 is 2.67 bits per heavy atom. The van der Waals surface area contributed by atoms with Gasteiger partial charge in [-0.05, 0) is 51.1 Å². The number of anilines is 1. The van der Waals surface area contributed by atoms with Crippen LogP contribution in [-0.2, 0) is 17.0 Å². The number of halogens is 1. The van der Waals surface area contributed by atoms with E-state index in [1.165, 1.54) is 23.1 Å². The van der Waals surface area contributed by atoms with Gasteiger partial charge in [0, 0.05) is 27.9 Å². The van der Waals surface area contributed by atoms with Gasteiger partial charge in [-0.3, -0.25) is 14.2 Å². The summed E-state index contributed by atoms with van der Waals surface area (Å²) in [5.41, 5.74) is 3.26. The SMILES string of the molecule is Cc1ccc(NC(=O)Cc2nc(CSc3nc4cc(Cl)ccc4c(=O)n3C(C)C)cs2)cc1. The summed E-state index contributed by atoms with van der Waals surface area (Å²) in [4.78, 5) is 34.7. The van der Waals surface area contributed by atoms with Crippen molar-refractivity contribution in [1.29, 1.82) is 0 Å². The first kappa shape index (κ1) is 23.5. The standard InChI is InChI=1S/C24H23ClN4O2S2/c1-14(2)29-23(31)19-9-6-16(25)10-20(19)28-24(29)33-13-18-12-32-22(27-18)11-21(30)26-17-7-4-15(3)5-8-17/h4-10,12,14H,11,13H2,1-3H3,(H,26,30). The van der Waals surface area contributed by atoms with E-state index in [9.17, 15) is 9.59 Å². The van der Waals surface area contributed by atoms with Gasteiger partial charge in [-0.1, -0.05) is 41.1 Å². The Hall–Kier alpha value is -2.68. The lowest BCUT2D eigenvalue weighted by Gasteiger charge is -2.15. The molecule has 33 heavy (non-hydrogen) atoms. The summed E-state index contributed by atoms with van der Waals surface area (Å²) in [5.74, 6) is 0.440. The van der Waals surface area contributed by atoms with E-state index in [1.54, 1.807) is 22.8 Å². The molecule has 0 fully saturated rings. The van der Waals surface area contributed by atoms with E-state index in [-0.39, 0.29) is 23.9 Å². The summed E-state index contributed by atoms with van der Waals surface area (Å²) in [5, 5.41) is 7.30. The number of nitrogens with zero attached hydrogens (tertiary/aromatic N) is 3. The van der Waals surface area contributed by atoms with Crippen LogP contribution in [-0.4, -0.2) is 20.4 Å². The average molecular weight is 499 g/mol. The number of nitrogens with one attached hydrogen (secondary N) is 1. The Kier molecular flexibility index (Phi) is 7.17. The lowest BCUT2D eigenvalue weighted by atomic mass is 10.2. The highest BCUT2D eigenvalue weighted by atomic mass is 35.5. The minimum absolute atomic E-state index is 0.0379. The number of aryl methyl sites for hydroxylation is 1. The molecule has 2 heterocycles. The molecular weight excluding hydrogens is 476 g/mol. The van der Waals surface area contributed by atoms with Gasteiger partial charge >= 0.3 is 0 Å². The fraction of sp³-hybridized carbons (Fsp3) is 0.250. The smallest absolute Gasteiger partial charge is 0.262 e. The van der Waals surface area contributed by atoms with Crippen molar-refractivity contribution in [2.75, 3.05) is 5.32 Å². The van der Waals surface area contributed by atoms with E-state index < -0.39 is 0 Å². The van der Waals surface area contributed by atoms with E-state index >= 15 is 0 Å². The minimum atomic E-state index is -0.103. The van der Waals surface area contributed by atoms with Crippen molar-refractivity contribution >= 4 is 57.2 Å². The molecule has 0 atom stereocenters. The second-order valence-electron chi connectivity index (χ2n) is 7.94. The van der Waals surface area contributed by atoms with Crippen molar-refractivity contribution in [2.24, 2.45) is 0 Å². The molecule has 0 spiro atoms. The molecule has 2 aromatic carbocycles. The molecule has 4 rings (SSSR count). The fourth-order valence-corrected chi connectivity index (χ4v) is 5.41. The zero-order valence-corrected chi connectivity index (χ0v) is 20.9. The number of amides is 1. The summed E-state index contributed by atoms with van der Waals surface area (Å²) in [6.45, 7) is 5.93. The first-order valence-electron chi connectivity index (χ1n) is 10.4. The van der Waals surface area contributed by atoms with Crippen molar-refractivity contribution in [1.82, 2.24) is 14.5 Å². The number of aromatic nitrogens is 3. The molecule has 1 N–H and O–H groups in total. The van der Waals surface area contributed by atoms with E-state index in [1.807, 2.05) is 50.4 Å². The van der Waals surface area contributed by atoms with Gasteiger partial charge in [0.15, 0.2) is 5.16 Å². The molecular formula is C24H23ClN4O2S2. The average Bonchev–Trinajstić information content (AvgIpc) is 3.20. The molecule has 1 amide bonds. The predicted molar refractivity (Wildman–Crippen MR) is 137 cm³/mol. The largest absolute Gasteiger partial charge is 0.326 e. The Morgan fingerprint density at radius 2 is 1.94 bits per heavy atom. The van der Waals surface area contributed by atoms with E-state index in [0.717, 1.165) is 22.0 Å². The van der Waals surface area contributed by atoms with Crippen LogP contribution < -0.4 is 10.9 Å². The van der Waals surface area contributed by atoms with Crippen LogP contribution in [0.25, 0.3) is 10.9 Å². The van der Waals surface area contributed by atoms with Crippen molar-refractivity contribution in [3.8, 4) is 0 Å². The van der Waals surface area contributed by atoms with Crippen molar-refractivity contribution in [3.63, 3.8) is 0 Å². The molecule has 0 aliphatic rings. The van der Waals surface area contributed by atoms with Crippen LogP contribution in [0.4, 0.5) is 5.69 Å². The number of rotatable bonds is 7. The predicted octanol–water partition coefficient (Wildman–Crippen LogP) is 5.87. The van der Waals surface area contributed by atoms with Crippen LogP contribution in [0, 0.1) is 6.92 Å². The molecule has 0 unspecified atom stereocenters. The van der Waals surface area contributed by atoms with Crippen LogP contribution in [0.15, 0.2) is 57.8 Å². The number of thiazole rings is 1. The van der Waals surface area contributed by atoms with Gasteiger partial charge in [0.1, 0.15) is 5.01 Å². The Labute approximate surface area is 205 Å². The van der Waals surface area contributed by atoms with Crippen molar-refractivity contribution in [2.45, 2.75) is 44.1 Å². The molecule has 0 saturated heterocycles. The van der Waals surface area contributed by atoms with Crippen LogP contribution in [0.3, 0.4) is 0 Å². The first-order valence-corrected chi connectivity index (χ1v) is 12.7. The lowest BCUT2D eigenvalue weighted by Crippen LogP contribution is -2.25. The maximum Gasteiger partial charge on any atom is 0.262 e. The molecule has 2 aromatic heterocycles. The van der Waals surface area contributed by atoms with Gasteiger partial charge in [0.25, 0.3) is 5.56 Å². The molecule has 0 radical (unpaired) electrons. The third-order valence-electron chi connectivity index (χ3n) is 4.94. The maximum absolute atomic E-state index is 13.0. The highest BCUT2D eigenvalue weighted by molar-refractivity contribution is 7.98. The van der Waals surface area contributed by atoms with Gasteiger partial charge in [-0.15, -0.1) is 11.3 Å². The highest BCUT2D eigenvalue weighted by Crippen LogP contribution is 2.26. The number of carbonyl (C=O) groups excluding carboxylic acids is 1. The van der Waals surface area contributed by atoms with Gasteiger partial charge < -0.3 is 5.32 Å². The summed E-state index contributed by atoms with van der Waals surface area (Å²) in [6, 6.07) is 12.8. The molecule has 0 aliphatic heterocycles. The van der Waals surface area contributed by atoms with E-state index in [0.29, 0.717) is 26.8 Å². The van der Waals surface area contributed by atoms with Crippen molar-refractivity contribution in [3.05, 3.63) is 79.5 Å². The van der Waals surface area contributed by atoms with Crippen LogP contribution in [0.1, 0.15) is 36.2 Å². The quantitative estimate of drug-likeness (QED) is 0.255. The second-order valence-corrected chi connectivity index (χ2v) is 10.3. The third kappa shape index (κ3) is 5.63. The minimum Gasteiger partial charge on any atom is -0.326 e. The molecule has 170 valence electrons. The molecule has 0 saturated carbocycles. The summed E-state index contributed by atoms with van der Waals surface area (Å²) >= 11 is 9.01. The van der Waals surface area contributed by atoms with E-state index in [4.69, 9.17) is 16.6 Å². The zero-order valence-electron chi connectivity index (χ0n) is 18.5. The Balaban J connectivity index is 1.46. The number of hydrogen-bond donors (Lipinski definition) is 1. The Bertz CT molecular complexity index is 1360. The number of thioether (sulfide) groups is 1. The van der Waals surface area contributed by atoms with Gasteiger partial charge in [-0.2, -0.15) is 0 Å². The van der Waals surface area contributed by atoms with Gasteiger partial charge in [-0.25, -0.2) is 9.97 Å². The summed E-state index contributed by atoms with van der Waals surface area (Å²) < 4.78 is 1.70. The molecule has 4 aromatic rings. The van der Waals surface area contributed by atoms with E-state index in [2.05, 4.69) is 10.3 Å². The number of fused-ring (bicyclic) bond motifs is 1. The fourth-order valence-electron chi connectivity index (χ4n) is 3.32. The summed E-state index contributed by atoms with van der Waals surface area (Å²) in [6.07, 6.45) is 0.215. The molecule has 6 nitrogen and oxygen atoms in total. The number of benzene rings is 2. The van der Waals surface area contributed by atoms with Crippen LogP contribution in [0.5, 0.6) is 0 Å². The molecule has 0 aliphatic carbocycles. The first-order chi connectivity index (χ1) is 15.8. The van der Waals surface area contributed by atoms with Gasteiger partial charge in [0.2, 0.25) is 5.91 Å². The highest BCUT2D eigenvalue weighted by Gasteiger charge is 2.16. The molecule has 0 bridgehead atoms. The molecule has 9 heteroatoms.